The van der Waals surface area contributed by atoms with Crippen LogP contribution in [0.4, 0.5) is 0 Å². The Bertz CT molecular complexity index is 528. The molecule has 0 fully saturated rings. The van der Waals surface area contributed by atoms with E-state index < -0.39 is 0 Å². The van der Waals surface area contributed by atoms with Crippen molar-refractivity contribution in [3.63, 3.8) is 0 Å². The molecule has 0 N–H and O–H groups in total. The van der Waals surface area contributed by atoms with E-state index in [1.54, 1.807) is 12.4 Å². The molecule has 16 heavy (non-hydrogen) atoms. The van der Waals surface area contributed by atoms with Crippen molar-refractivity contribution < 1.29 is 4.79 Å². The Morgan fingerprint density at radius 2 is 2.12 bits per heavy atom. The molecule has 2 heterocycles. The van der Waals surface area contributed by atoms with Crippen molar-refractivity contribution in [3.8, 4) is 0 Å². The van der Waals surface area contributed by atoms with Gasteiger partial charge < -0.3 is 0 Å². The van der Waals surface area contributed by atoms with Crippen LogP contribution in [0.5, 0.6) is 0 Å². The molecule has 2 aromatic heterocycles. The fourth-order valence-corrected chi connectivity index (χ4v) is 2.90. The second kappa shape index (κ2) is 4.47. The smallest absolute Gasteiger partial charge is 0.204 e. The number of halogens is 1. The Morgan fingerprint density at radius 3 is 2.69 bits per heavy atom. The molecule has 0 amide bonds. The highest BCUT2D eigenvalue weighted by molar-refractivity contribution is 9.11. The van der Waals surface area contributed by atoms with E-state index in [4.69, 9.17) is 0 Å². The molecule has 0 radical (unpaired) electrons. The maximum absolute atomic E-state index is 12.2. The molecule has 0 unspecified atom stereocenters. The third-order valence-electron chi connectivity index (χ3n) is 2.36. The summed E-state index contributed by atoms with van der Waals surface area (Å²) in [7, 11) is 0. The largest absolute Gasteiger partial charge is 0.288 e. The van der Waals surface area contributed by atoms with Crippen LogP contribution in [-0.2, 0) is 0 Å². The lowest BCUT2D eigenvalue weighted by Gasteiger charge is -2.00. The van der Waals surface area contributed by atoms with Gasteiger partial charge in [-0.1, -0.05) is 0 Å². The molecule has 2 aromatic rings. The van der Waals surface area contributed by atoms with Crippen molar-refractivity contribution in [1.82, 2.24) is 4.98 Å². The Balaban J connectivity index is 2.43. The Labute approximate surface area is 106 Å². The molecule has 0 aliphatic carbocycles. The van der Waals surface area contributed by atoms with E-state index in [1.165, 1.54) is 11.3 Å². The fraction of sp³-hybridized carbons (Fsp3) is 0.167. The normalized spacial score (nSPS) is 10.4. The molecular weight excluding hydrogens is 286 g/mol. The first kappa shape index (κ1) is 11.5. The molecule has 0 atom stereocenters. The van der Waals surface area contributed by atoms with Crippen molar-refractivity contribution in [2.75, 3.05) is 0 Å². The van der Waals surface area contributed by atoms with Gasteiger partial charge >= 0.3 is 0 Å². The van der Waals surface area contributed by atoms with E-state index in [0.29, 0.717) is 5.56 Å². The molecule has 82 valence electrons. The molecule has 2 rings (SSSR count). The molecule has 0 aliphatic heterocycles. The van der Waals surface area contributed by atoms with Crippen LogP contribution >= 0.6 is 27.3 Å². The second-order valence-electron chi connectivity index (χ2n) is 3.59. The van der Waals surface area contributed by atoms with E-state index in [0.717, 1.165) is 19.8 Å². The number of hydrogen-bond donors (Lipinski definition) is 0. The lowest BCUT2D eigenvalue weighted by molar-refractivity contribution is 0.104. The van der Waals surface area contributed by atoms with Crippen molar-refractivity contribution in [1.29, 1.82) is 0 Å². The third-order valence-corrected chi connectivity index (χ3v) is 4.50. The van der Waals surface area contributed by atoms with Crippen LogP contribution in [0.2, 0.25) is 0 Å². The average Bonchev–Trinajstić information content (AvgIpc) is 2.59. The number of thiophene rings is 1. The zero-order valence-corrected chi connectivity index (χ0v) is 11.4. The maximum atomic E-state index is 12.2. The number of ketones is 1. The van der Waals surface area contributed by atoms with Crippen LogP contribution in [0, 0.1) is 13.8 Å². The van der Waals surface area contributed by atoms with Gasteiger partial charge in [0.05, 0.1) is 8.66 Å². The summed E-state index contributed by atoms with van der Waals surface area (Å²) < 4.78 is 1.01. The highest BCUT2D eigenvalue weighted by Gasteiger charge is 2.15. The highest BCUT2D eigenvalue weighted by atomic mass is 79.9. The topological polar surface area (TPSA) is 30.0 Å². The minimum Gasteiger partial charge on any atom is -0.288 e. The minimum absolute atomic E-state index is 0.0457. The summed E-state index contributed by atoms with van der Waals surface area (Å²) in [5, 5.41) is 0. The molecule has 0 spiro atoms. The standard InChI is InChI=1S/C12H10BrNOS/c1-7-3-4-14-6-9(7)11(15)10-5-8(2)12(13)16-10/h3-6H,1-2H3. The summed E-state index contributed by atoms with van der Waals surface area (Å²) >= 11 is 4.89. The van der Waals surface area contributed by atoms with Gasteiger partial charge in [-0.3, -0.25) is 9.78 Å². The summed E-state index contributed by atoms with van der Waals surface area (Å²) in [6.45, 7) is 3.90. The van der Waals surface area contributed by atoms with Gasteiger partial charge in [-0.15, -0.1) is 11.3 Å². The predicted molar refractivity (Wildman–Crippen MR) is 69.2 cm³/mol. The van der Waals surface area contributed by atoms with E-state index in [1.807, 2.05) is 26.0 Å². The molecule has 4 heteroatoms. The molecule has 0 saturated heterocycles. The van der Waals surface area contributed by atoms with Gasteiger partial charge in [0.15, 0.2) is 0 Å². The third kappa shape index (κ3) is 2.08. The van der Waals surface area contributed by atoms with Gasteiger partial charge in [-0.25, -0.2) is 0 Å². The average molecular weight is 296 g/mol. The number of aromatic nitrogens is 1. The zero-order chi connectivity index (χ0) is 11.7. The van der Waals surface area contributed by atoms with Gasteiger partial charge in [-0.2, -0.15) is 0 Å². The van der Waals surface area contributed by atoms with Gasteiger partial charge in [0.2, 0.25) is 5.78 Å². The van der Waals surface area contributed by atoms with Gasteiger partial charge in [0.25, 0.3) is 0 Å². The SMILES string of the molecule is Cc1ccncc1C(=O)c1cc(C)c(Br)s1. The molecular formula is C12H10BrNOS. The number of carbonyl (C=O) groups is 1. The van der Waals surface area contributed by atoms with Crippen molar-refractivity contribution in [2.45, 2.75) is 13.8 Å². The fourth-order valence-electron chi connectivity index (χ4n) is 1.41. The first-order chi connectivity index (χ1) is 7.59. The number of rotatable bonds is 2. The predicted octanol–water partition coefficient (Wildman–Crippen LogP) is 3.75. The summed E-state index contributed by atoms with van der Waals surface area (Å²) in [5.74, 6) is 0.0457. The number of nitrogens with zero attached hydrogens (tertiary/aromatic N) is 1. The summed E-state index contributed by atoms with van der Waals surface area (Å²) in [4.78, 5) is 16.9. The van der Waals surface area contributed by atoms with Crippen molar-refractivity contribution in [2.24, 2.45) is 0 Å². The van der Waals surface area contributed by atoms with E-state index in [2.05, 4.69) is 20.9 Å². The Kier molecular flexibility index (Phi) is 3.21. The summed E-state index contributed by atoms with van der Waals surface area (Å²) in [6, 6.07) is 3.76. The van der Waals surface area contributed by atoms with Crippen LogP contribution in [0.15, 0.2) is 28.3 Å². The number of hydrogen-bond acceptors (Lipinski definition) is 3. The lowest BCUT2D eigenvalue weighted by Crippen LogP contribution is -2.01. The quantitative estimate of drug-likeness (QED) is 0.790. The maximum Gasteiger partial charge on any atom is 0.204 e. The van der Waals surface area contributed by atoms with E-state index in [-0.39, 0.29) is 5.78 Å². The van der Waals surface area contributed by atoms with E-state index >= 15 is 0 Å². The molecule has 0 aliphatic rings. The number of pyridine rings is 1. The van der Waals surface area contributed by atoms with Gasteiger partial charge in [-0.05, 0) is 53.0 Å². The number of aryl methyl sites for hydroxylation is 2. The zero-order valence-electron chi connectivity index (χ0n) is 8.95. The highest BCUT2D eigenvalue weighted by Crippen LogP contribution is 2.29. The lowest BCUT2D eigenvalue weighted by atomic mass is 10.1. The van der Waals surface area contributed by atoms with Crippen molar-refractivity contribution >= 4 is 33.0 Å². The number of carbonyl (C=O) groups excluding carboxylic acids is 1. The van der Waals surface area contributed by atoms with Crippen molar-refractivity contribution in [3.05, 3.63) is 49.9 Å². The van der Waals surface area contributed by atoms with Crippen LogP contribution in [-0.4, -0.2) is 10.8 Å². The second-order valence-corrected chi connectivity index (χ2v) is 5.96. The van der Waals surface area contributed by atoms with Gasteiger partial charge in [0, 0.05) is 18.0 Å². The summed E-state index contributed by atoms with van der Waals surface area (Å²) in [5.41, 5.74) is 2.73. The van der Waals surface area contributed by atoms with E-state index in [9.17, 15) is 4.79 Å². The van der Waals surface area contributed by atoms with Crippen LogP contribution in [0.25, 0.3) is 0 Å². The minimum atomic E-state index is 0.0457. The first-order valence-electron chi connectivity index (χ1n) is 4.81. The molecule has 0 aromatic carbocycles. The van der Waals surface area contributed by atoms with Crippen LogP contribution in [0.3, 0.4) is 0 Å². The Morgan fingerprint density at radius 1 is 1.38 bits per heavy atom. The van der Waals surface area contributed by atoms with Crippen LogP contribution in [0.1, 0.15) is 26.4 Å². The first-order valence-corrected chi connectivity index (χ1v) is 6.42. The van der Waals surface area contributed by atoms with Gasteiger partial charge in [0.1, 0.15) is 0 Å². The molecule has 0 bridgehead atoms. The monoisotopic (exact) mass is 295 g/mol. The van der Waals surface area contributed by atoms with Crippen LogP contribution < -0.4 is 0 Å². The molecule has 2 nitrogen and oxygen atoms in total. The molecule has 0 saturated carbocycles. The Hall–Kier alpha value is -1.000. The summed E-state index contributed by atoms with van der Waals surface area (Å²) in [6.07, 6.45) is 3.32.